The van der Waals surface area contributed by atoms with Crippen molar-refractivity contribution in [3.8, 4) is 5.75 Å². The predicted molar refractivity (Wildman–Crippen MR) is 61.9 cm³/mol. The van der Waals surface area contributed by atoms with Crippen molar-refractivity contribution in [3.05, 3.63) is 24.3 Å². The molecule has 0 heterocycles. The zero-order chi connectivity index (χ0) is 12.1. The van der Waals surface area contributed by atoms with Crippen LogP contribution in [0.25, 0.3) is 0 Å². The first-order chi connectivity index (χ1) is 7.60. The Balaban J connectivity index is 2.86. The molecular formula is C11H16N2O3. The highest BCUT2D eigenvalue weighted by Gasteiger charge is 2.20. The average molecular weight is 224 g/mol. The number of anilines is 1. The monoisotopic (exact) mass is 224 g/mol. The van der Waals surface area contributed by atoms with Crippen molar-refractivity contribution in [2.75, 3.05) is 25.6 Å². The first-order valence-electron chi connectivity index (χ1n) is 4.90. The molecule has 0 amide bonds. The third-order valence-corrected chi connectivity index (χ3v) is 2.46. The summed E-state index contributed by atoms with van der Waals surface area (Å²) >= 11 is 0. The van der Waals surface area contributed by atoms with Crippen LogP contribution in [0.1, 0.15) is 0 Å². The van der Waals surface area contributed by atoms with E-state index in [0.717, 1.165) is 11.4 Å². The quantitative estimate of drug-likeness (QED) is 0.763. The number of benzene rings is 1. The van der Waals surface area contributed by atoms with Crippen LogP contribution in [0.2, 0.25) is 0 Å². The first kappa shape index (κ1) is 12.3. The van der Waals surface area contributed by atoms with Gasteiger partial charge in [0.15, 0.2) is 0 Å². The van der Waals surface area contributed by atoms with Crippen LogP contribution in [0.5, 0.6) is 5.75 Å². The molecule has 5 heteroatoms. The summed E-state index contributed by atoms with van der Waals surface area (Å²) in [7, 11) is 3.28. The Kier molecular flexibility index (Phi) is 4.13. The minimum atomic E-state index is -0.930. The largest absolute Gasteiger partial charge is 0.497 e. The summed E-state index contributed by atoms with van der Waals surface area (Å²) < 4.78 is 5.02. The van der Waals surface area contributed by atoms with E-state index >= 15 is 0 Å². The third kappa shape index (κ3) is 2.64. The molecule has 88 valence electrons. The van der Waals surface area contributed by atoms with Gasteiger partial charge in [-0.15, -0.1) is 0 Å². The molecule has 1 atom stereocenters. The molecule has 0 aromatic heterocycles. The van der Waals surface area contributed by atoms with Crippen molar-refractivity contribution in [2.24, 2.45) is 5.73 Å². The second-order valence-corrected chi connectivity index (χ2v) is 3.40. The number of carboxylic acid groups (broad SMARTS) is 1. The van der Waals surface area contributed by atoms with Crippen LogP contribution in [0.4, 0.5) is 5.69 Å². The third-order valence-electron chi connectivity index (χ3n) is 2.46. The molecule has 0 radical (unpaired) electrons. The molecule has 0 fully saturated rings. The molecule has 0 aliphatic rings. The summed E-state index contributed by atoms with van der Waals surface area (Å²) in [5, 5.41) is 8.96. The fourth-order valence-electron chi connectivity index (χ4n) is 1.42. The fraction of sp³-hybridized carbons (Fsp3) is 0.364. The zero-order valence-electron chi connectivity index (χ0n) is 9.38. The minimum absolute atomic E-state index is 0.0673. The Hall–Kier alpha value is -1.75. The van der Waals surface area contributed by atoms with E-state index in [4.69, 9.17) is 15.6 Å². The number of aliphatic carboxylic acids is 1. The van der Waals surface area contributed by atoms with E-state index in [9.17, 15) is 4.79 Å². The van der Waals surface area contributed by atoms with E-state index in [1.54, 1.807) is 43.3 Å². The number of likely N-dealkylation sites (N-methyl/N-ethyl adjacent to an activating group) is 1. The van der Waals surface area contributed by atoms with Crippen LogP contribution in [-0.4, -0.2) is 37.8 Å². The number of carbonyl (C=O) groups is 1. The topological polar surface area (TPSA) is 75.8 Å². The van der Waals surface area contributed by atoms with E-state index in [2.05, 4.69) is 0 Å². The summed E-state index contributed by atoms with van der Waals surface area (Å²) in [6.45, 7) is 0.0673. The number of ether oxygens (including phenoxy) is 1. The smallest absolute Gasteiger partial charge is 0.327 e. The van der Waals surface area contributed by atoms with Gasteiger partial charge >= 0.3 is 5.97 Å². The van der Waals surface area contributed by atoms with E-state index in [-0.39, 0.29) is 6.54 Å². The lowest BCUT2D eigenvalue weighted by Gasteiger charge is -2.25. The molecule has 0 aliphatic carbocycles. The molecule has 3 N–H and O–H groups in total. The van der Waals surface area contributed by atoms with Crippen molar-refractivity contribution in [1.29, 1.82) is 0 Å². The molecule has 1 aromatic carbocycles. The lowest BCUT2D eigenvalue weighted by Crippen LogP contribution is -2.44. The maximum atomic E-state index is 10.9. The molecule has 1 unspecified atom stereocenters. The molecule has 0 saturated heterocycles. The molecule has 0 aliphatic heterocycles. The Morgan fingerprint density at radius 3 is 2.44 bits per heavy atom. The van der Waals surface area contributed by atoms with Gasteiger partial charge in [0.2, 0.25) is 0 Å². The Morgan fingerprint density at radius 1 is 1.50 bits per heavy atom. The standard InChI is InChI=1S/C11H16N2O3/c1-13(10(7-12)11(14)15)8-3-5-9(16-2)6-4-8/h3-6,10H,7,12H2,1-2H3,(H,14,15). The summed E-state index contributed by atoms with van der Waals surface area (Å²) in [5.41, 5.74) is 6.21. The van der Waals surface area contributed by atoms with Crippen molar-refractivity contribution in [3.63, 3.8) is 0 Å². The Morgan fingerprint density at radius 2 is 2.06 bits per heavy atom. The van der Waals surface area contributed by atoms with Crippen LogP contribution in [-0.2, 0) is 4.79 Å². The molecule has 5 nitrogen and oxygen atoms in total. The van der Waals surface area contributed by atoms with Gasteiger partial charge in [0.25, 0.3) is 0 Å². The Bertz CT molecular complexity index is 351. The highest BCUT2D eigenvalue weighted by atomic mass is 16.5. The maximum absolute atomic E-state index is 10.9. The highest BCUT2D eigenvalue weighted by molar-refractivity contribution is 5.78. The number of nitrogens with zero attached hydrogens (tertiary/aromatic N) is 1. The molecule has 16 heavy (non-hydrogen) atoms. The number of methoxy groups -OCH3 is 1. The molecule has 0 spiro atoms. The second kappa shape index (κ2) is 5.37. The van der Waals surface area contributed by atoms with Gasteiger partial charge in [0, 0.05) is 19.3 Å². The van der Waals surface area contributed by atoms with Gasteiger partial charge in [-0.2, -0.15) is 0 Å². The van der Waals surface area contributed by atoms with Gasteiger partial charge < -0.3 is 20.5 Å². The summed E-state index contributed by atoms with van der Waals surface area (Å²) in [6.07, 6.45) is 0. The van der Waals surface area contributed by atoms with Gasteiger partial charge in [-0.3, -0.25) is 0 Å². The molecule has 1 rings (SSSR count). The van der Waals surface area contributed by atoms with Crippen molar-refractivity contribution in [2.45, 2.75) is 6.04 Å². The van der Waals surface area contributed by atoms with Crippen molar-refractivity contribution < 1.29 is 14.6 Å². The van der Waals surface area contributed by atoms with Crippen LogP contribution >= 0.6 is 0 Å². The van der Waals surface area contributed by atoms with E-state index in [1.807, 2.05) is 0 Å². The predicted octanol–water partition coefficient (Wildman–Crippen LogP) is 0.543. The van der Waals surface area contributed by atoms with Gasteiger partial charge in [-0.25, -0.2) is 4.79 Å². The van der Waals surface area contributed by atoms with Crippen molar-refractivity contribution >= 4 is 11.7 Å². The highest BCUT2D eigenvalue weighted by Crippen LogP contribution is 2.19. The van der Waals surface area contributed by atoms with Gasteiger partial charge in [0.1, 0.15) is 11.8 Å². The number of rotatable bonds is 5. The lowest BCUT2D eigenvalue weighted by molar-refractivity contribution is -0.138. The number of hydrogen-bond donors (Lipinski definition) is 2. The maximum Gasteiger partial charge on any atom is 0.327 e. The number of hydrogen-bond acceptors (Lipinski definition) is 4. The SMILES string of the molecule is COc1ccc(N(C)C(CN)C(=O)O)cc1. The van der Waals surface area contributed by atoms with Gasteiger partial charge in [-0.1, -0.05) is 0 Å². The molecule has 0 saturated carbocycles. The van der Waals surface area contributed by atoms with Crippen molar-refractivity contribution in [1.82, 2.24) is 0 Å². The van der Waals surface area contributed by atoms with Crippen LogP contribution in [0, 0.1) is 0 Å². The minimum Gasteiger partial charge on any atom is -0.497 e. The molecule has 1 aromatic rings. The molecule has 0 bridgehead atoms. The van der Waals surface area contributed by atoms with E-state index in [1.165, 1.54) is 0 Å². The Labute approximate surface area is 94.4 Å². The van der Waals surface area contributed by atoms with Crippen LogP contribution < -0.4 is 15.4 Å². The zero-order valence-corrected chi connectivity index (χ0v) is 9.38. The van der Waals surface area contributed by atoms with Crippen LogP contribution in [0.3, 0.4) is 0 Å². The summed E-state index contributed by atoms with van der Waals surface area (Å²) in [4.78, 5) is 12.5. The fourth-order valence-corrected chi connectivity index (χ4v) is 1.42. The first-order valence-corrected chi connectivity index (χ1v) is 4.90. The molecular weight excluding hydrogens is 208 g/mol. The normalized spacial score (nSPS) is 11.9. The summed E-state index contributed by atoms with van der Waals surface area (Å²) in [5.74, 6) is -0.197. The van der Waals surface area contributed by atoms with Gasteiger partial charge in [0.05, 0.1) is 7.11 Å². The van der Waals surface area contributed by atoms with E-state index in [0.29, 0.717) is 0 Å². The summed E-state index contributed by atoms with van der Waals surface area (Å²) in [6, 6.07) is 6.44. The lowest BCUT2D eigenvalue weighted by atomic mass is 10.2. The van der Waals surface area contributed by atoms with E-state index < -0.39 is 12.0 Å². The number of nitrogens with two attached hydrogens (primary N) is 1. The average Bonchev–Trinajstić information content (AvgIpc) is 2.29. The number of carboxylic acids is 1. The second-order valence-electron chi connectivity index (χ2n) is 3.40. The van der Waals surface area contributed by atoms with Gasteiger partial charge in [-0.05, 0) is 24.3 Å². The van der Waals surface area contributed by atoms with Crippen LogP contribution in [0.15, 0.2) is 24.3 Å².